The topological polar surface area (TPSA) is 32.3 Å². The maximum atomic E-state index is 12.7. The number of halogens is 1. The number of benzene rings is 1. The Morgan fingerprint density at radius 1 is 1.27 bits per heavy atom. The van der Waals surface area contributed by atoms with Gasteiger partial charge < -0.3 is 10.2 Å². The maximum Gasteiger partial charge on any atom is 0.144 e. The number of carbonyl (C=O) groups excluding carboxylic acids is 1. The van der Waals surface area contributed by atoms with Crippen molar-refractivity contribution < 1.29 is 4.79 Å². The molecule has 0 aliphatic carbocycles. The van der Waals surface area contributed by atoms with Gasteiger partial charge in [0.15, 0.2) is 0 Å². The first-order valence-electron chi connectivity index (χ1n) is 8.20. The van der Waals surface area contributed by atoms with E-state index in [9.17, 15) is 4.79 Å². The van der Waals surface area contributed by atoms with E-state index in [0.29, 0.717) is 16.8 Å². The highest BCUT2D eigenvalue weighted by Crippen LogP contribution is 2.25. The molecule has 1 aliphatic heterocycles. The number of Topliss-reactive ketones (excluding diaryl/α,β-unsaturated/α-hetero) is 1. The minimum Gasteiger partial charge on any atom is -0.317 e. The van der Waals surface area contributed by atoms with Crippen molar-refractivity contribution in [2.45, 2.75) is 38.6 Å². The third kappa shape index (κ3) is 4.55. The number of hydrogen-bond donors (Lipinski definition) is 1. The molecule has 1 atom stereocenters. The Labute approximate surface area is 139 Å². The van der Waals surface area contributed by atoms with E-state index >= 15 is 0 Å². The Balaban J connectivity index is 2.08. The Bertz CT molecular complexity index is 478. The summed E-state index contributed by atoms with van der Waals surface area (Å²) in [7, 11) is 2.03. The highest BCUT2D eigenvalue weighted by Gasteiger charge is 2.27. The second-order valence-corrected chi connectivity index (χ2v) is 6.96. The summed E-state index contributed by atoms with van der Waals surface area (Å²) in [4.78, 5) is 15.1. The van der Waals surface area contributed by atoms with Gasteiger partial charge in [0.1, 0.15) is 5.78 Å². The molecule has 0 unspecified atom stereocenters. The molecule has 1 fully saturated rings. The van der Waals surface area contributed by atoms with E-state index in [4.69, 9.17) is 11.6 Å². The number of nitrogens with one attached hydrogen (secondary N) is 1. The average molecular weight is 323 g/mol. The van der Waals surface area contributed by atoms with Gasteiger partial charge in [-0.25, -0.2) is 0 Å². The van der Waals surface area contributed by atoms with Crippen molar-refractivity contribution >= 4 is 17.4 Å². The Morgan fingerprint density at radius 3 is 2.36 bits per heavy atom. The monoisotopic (exact) mass is 322 g/mol. The largest absolute Gasteiger partial charge is 0.317 e. The van der Waals surface area contributed by atoms with Crippen LogP contribution in [0.4, 0.5) is 0 Å². The second-order valence-electron chi connectivity index (χ2n) is 6.52. The molecule has 4 heteroatoms. The molecule has 0 bridgehead atoms. The van der Waals surface area contributed by atoms with Gasteiger partial charge in [0.25, 0.3) is 0 Å². The summed E-state index contributed by atoms with van der Waals surface area (Å²) in [6, 6.07) is 8.36. The van der Waals surface area contributed by atoms with Crippen LogP contribution in [0, 0.1) is 5.92 Å². The lowest BCUT2D eigenvalue weighted by Gasteiger charge is -2.34. The van der Waals surface area contributed by atoms with Gasteiger partial charge in [0, 0.05) is 23.5 Å². The Hall–Kier alpha value is -0.900. The van der Waals surface area contributed by atoms with Crippen molar-refractivity contribution in [1.29, 1.82) is 0 Å². The fourth-order valence-electron chi connectivity index (χ4n) is 3.12. The lowest BCUT2D eigenvalue weighted by atomic mass is 9.88. The number of piperidine rings is 1. The summed E-state index contributed by atoms with van der Waals surface area (Å²) < 4.78 is 0. The van der Waals surface area contributed by atoms with E-state index < -0.39 is 0 Å². The van der Waals surface area contributed by atoms with Crippen LogP contribution >= 0.6 is 11.6 Å². The summed E-state index contributed by atoms with van der Waals surface area (Å²) in [6.45, 7) is 6.90. The first-order valence-corrected chi connectivity index (χ1v) is 8.58. The van der Waals surface area contributed by atoms with Crippen molar-refractivity contribution in [3.8, 4) is 0 Å². The summed E-state index contributed by atoms with van der Waals surface area (Å²) in [6.07, 6.45) is 2.30. The lowest BCUT2D eigenvalue weighted by molar-refractivity contribution is -0.123. The molecule has 1 aromatic carbocycles. The molecule has 3 nitrogen and oxygen atoms in total. The van der Waals surface area contributed by atoms with E-state index in [0.717, 1.165) is 38.0 Å². The molecule has 1 saturated heterocycles. The molecule has 0 saturated carbocycles. The van der Waals surface area contributed by atoms with Crippen molar-refractivity contribution in [2.24, 2.45) is 5.92 Å². The highest BCUT2D eigenvalue weighted by atomic mass is 35.5. The predicted molar refractivity (Wildman–Crippen MR) is 92.6 cm³/mol. The fourth-order valence-corrected chi connectivity index (χ4v) is 3.25. The molecular formula is C18H27ClN2O. The van der Waals surface area contributed by atoms with Crippen LogP contribution in [0.3, 0.4) is 0 Å². The van der Waals surface area contributed by atoms with Gasteiger partial charge in [-0.1, -0.05) is 37.6 Å². The molecule has 22 heavy (non-hydrogen) atoms. The average Bonchev–Trinajstić information content (AvgIpc) is 2.53. The standard InChI is InChI=1S/C18H27ClN2O/c1-13(2)18(22)17(14-4-6-15(19)7-5-14)12-21-10-8-16(20-3)9-11-21/h4-7,13,16-17,20H,8-12H2,1-3H3/t17-/m0/s1. The smallest absolute Gasteiger partial charge is 0.144 e. The highest BCUT2D eigenvalue weighted by molar-refractivity contribution is 6.30. The number of carbonyl (C=O) groups is 1. The quantitative estimate of drug-likeness (QED) is 0.872. The number of nitrogens with zero attached hydrogens (tertiary/aromatic N) is 1. The summed E-state index contributed by atoms with van der Waals surface area (Å²) >= 11 is 5.98. The van der Waals surface area contributed by atoms with E-state index in [1.54, 1.807) is 0 Å². The van der Waals surface area contributed by atoms with Gasteiger partial charge in [0.05, 0.1) is 5.92 Å². The van der Waals surface area contributed by atoms with Crippen molar-refractivity contribution in [3.05, 3.63) is 34.9 Å². The van der Waals surface area contributed by atoms with E-state index in [1.807, 2.05) is 45.2 Å². The van der Waals surface area contributed by atoms with Crippen LogP contribution in [-0.4, -0.2) is 43.4 Å². The van der Waals surface area contributed by atoms with Crippen LogP contribution < -0.4 is 5.32 Å². The van der Waals surface area contributed by atoms with Crippen LogP contribution in [0.15, 0.2) is 24.3 Å². The number of rotatable bonds is 6. The summed E-state index contributed by atoms with van der Waals surface area (Å²) in [5, 5.41) is 4.07. The van der Waals surface area contributed by atoms with Crippen molar-refractivity contribution in [3.63, 3.8) is 0 Å². The fraction of sp³-hybridized carbons (Fsp3) is 0.611. The van der Waals surface area contributed by atoms with Crippen molar-refractivity contribution in [1.82, 2.24) is 10.2 Å². The molecular weight excluding hydrogens is 296 g/mol. The van der Waals surface area contributed by atoms with Crippen LogP contribution in [0.25, 0.3) is 0 Å². The van der Waals surface area contributed by atoms with E-state index in [1.165, 1.54) is 0 Å². The van der Waals surface area contributed by atoms with Gasteiger partial charge in [-0.05, 0) is 50.7 Å². The minimum absolute atomic E-state index is 0.0514. The van der Waals surface area contributed by atoms with Crippen LogP contribution in [0.1, 0.15) is 38.2 Å². The van der Waals surface area contributed by atoms with Gasteiger partial charge in [-0.2, -0.15) is 0 Å². The third-order valence-corrected chi connectivity index (χ3v) is 4.87. The SMILES string of the molecule is CNC1CCN(C[C@H](C(=O)C(C)C)c2ccc(Cl)cc2)CC1. The number of likely N-dealkylation sites (tertiary alicyclic amines) is 1. The normalized spacial score (nSPS) is 18.6. The second kappa shape index (κ2) is 8.09. The van der Waals surface area contributed by atoms with Crippen LogP contribution in [0.2, 0.25) is 5.02 Å². The van der Waals surface area contributed by atoms with Gasteiger partial charge in [-0.15, -0.1) is 0 Å². The maximum absolute atomic E-state index is 12.7. The molecule has 0 radical (unpaired) electrons. The van der Waals surface area contributed by atoms with Crippen LogP contribution in [0.5, 0.6) is 0 Å². The molecule has 1 aromatic rings. The Morgan fingerprint density at radius 2 is 1.86 bits per heavy atom. The minimum atomic E-state index is -0.0524. The molecule has 2 rings (SSSR count). The van der Waals surface area contributed by atoms with Gasteiger partial charge >= 0.3 is 0 Å². The lowest BCUT2D eigenvalue weighted by Crippen LogP contribution is -2.43. The molecule has 0 spiro atoms. The first kappa shape index (κ1) is 17.5. The molecule has 0 amide bonds. The molecule has 122 valence electrons. The molecule has 1 heterocycles. The first-order chi connectivity index (χ1) is 10.5. The zero-order valence-electron chi connectivity index (χ0n) is 13.8. The van der Waals surface area contributed by atoms with Crippen LogP contribution in [-0.2, 0) is 4.79 Å². The predicted octanol–water partition coefficient (Wildman–Crippen LogP) is 3.33. The Kier molecular flexibility index (Phi) is 6.42. The van der Waals surface area contributed by atoms with Crippen molar-refractivity contribution in [2.75, 3.05) is 26.7 Å². The number of hydrogen-bond acceptors (Lipinski definition) is 3. The molecule has 1 aliphatic rings. The van der Waals surface area contributed by atoms with E-state index in [2.05, 4.69) is 10.2 Å². The number of ketones is 1. The zero-order chi connectivity index (χ0) is 16.1. The van der Waals surface area contributed by atoms with Gasteiger partial charge in [-0.3, -0.25) is 4.79 Å². The molecule has 0 aromatic heterocycles. The van der Waals surface area contributed by atoms with Gasteiger partial charge in [0.2, 0.25) is 0 Å². The zero-order valence-corrected chi connectivity index (χ0v) is 14.6. The summed E-state index contributed by atoms with van der Waals surface area (Å²) in [5.41, 5.74) is 1.08. The third-order valence-electron chi connectivity index (χ3n) is 4.62. The van der Waals surface area contributed by atoms with E-state index in [-0.39, 0.29) is 11.8 Å². The summed E-state index contributed by atoms with van der Waals surface area (Å²) in [5.74, 6) is 0.317. The molecule has 1 N–H and O–H groups in total.